The Bertz CT molecular complexity index is 1200. The van der Waals surface area contributed by atoms with Crippen molar-refractivity contribution in [2.24, 2.45) is 7.05 Å². The third-order valence-electron chi connectivity index (χ3n) is 3.95. The molecular weight excluding hydrogens is 441 g/mol. The average molecular weight is 458 g/mol. The Kier molecular flexibility index (Phi) is 6.48. The largest absolute Gasteiger partial charge is 0.346 e. The van der Waals surface area contributed by atoms with E-state index in [0.29, 0.717) is 23.0 Å². The summed E-state index contributed by atoms with van der Waals surface area (Å²) < 4.78 is 25.0. The van der Waals surface area contributed by atoms with Gasteiger partial charge in [-0.2, -0.15) is 4.98 Å². The molecule has 0 amide bonds. The fourth-order valence-electron chi connectivity index (χ4n) is 2.62. The van der Waals surface area contributed by atoms with Crippen LogP contribution in [0.25, 0.3) is 22.2 Å². The van der Waals surface area contributed by atoms with Crippen molar-refractivity contribution in [3.63, 3.8) is 0 Å². The standard InChI is InChI=1S/C17H14FN5OS2.C2H2N2O/c1-10-6-11(8-12(18)7-10)16-19-14(22-24-16)9-26-17-21-20-15(23(17)2)13-4-3-5-25-13;1-2-5-4-3-1/h3-8H,9H2,1-2H3;1-2H. The summed E-state index contributed by atoms with van der Waals surface area (Å²) in [6, 6.07) is 8.64. The van der Waals surface area contributed by atoms with Crippen LogP contribution in [0.5, 0.6) is 0 Å². The first-order valence-electron chi connectivity index (χ1n) is 8.97. The minimum atomic E-state index is -0.325. The normalized spacial score (nSPS) is 10.7. The number of aromatic nitrogens is 7. The molecule has 4 aromatic heterocycles. The summed E-state index contributed by atoms with van der Waals surface area (Å²) in [7, 11) is 1.93. The Hall–Kier alpha value is -3.38. The van der Waals surface area contributed by atoms with Crippen LogP contribution in [0, 0.1) is 12.7 Å². The monoisotopic (exact) mass is 457 g/mol. The highest BCUT2D eigenvalue weighted by Crippen LogP contribution is 2.28. The van der Waals surface area contributed by atoms with Crippen molar-refractivity contribution in [2.75, 3.05) is 0 Å². The highest BCUT2D eigenvalue weighted by molar-refractivity contribution is 7.98. The summed E-state index contributed by atoms with van der Waals surface area (Å²) in [6.07, 6.45) is 2.88. The second-order valence-corrected chi connectivity index (χ2v) is 8.14. The molecule has 0 aliphatic rings. The van der Waals surface area contributed by atoms with Gasteiger partial charge in [-0.3, -0.25) is 0 Å². The van der Waals surface area contributed by atoms with Crippen molar-refractivity contribution in [3.8, 4) is 22.2 Å². The van der Waals surface area contributed by atoms with Gasteiger partial charge in [0.1, 0.15) is 12.1 Å². The molecule has 9 nitrogen and oxygen atoms in total. The molecule has 0 aliphatic carbocycles. The van der Waals surface area contributed by atoms with Gasteiger partial charge in [0.05, 0.1) is 16.8 Å². The quantitative estimate of drug-likeness (QED) is 0.355. The first-order valence-corrected chi connectivity index (χ1v) is 10.8. The summed E-state index contributed by atoms with van der Waals surface area (Å²) in [4.78, 5) is 5.41. The van der Waals surface area contributed by atoms with Crippen LogP contribution < -0.4 is 0 Å². The van der Waals surface area contributed by atoms with Crippen molar-refractivity contribution in [3.05, 3.63) is 65.4 Å². The van der Waals surface area contributed by atoms with Crippen LogP contribution in [-0.2, 0) is 12.8 Å². The van der Waals surface area contributed by atoms with Crippen LogP contribution in [0.3, 0.4) is 0 Å². The van der Waals surface area contributed by atoms with Crippen molar-refractivity contribution in [1.82, 2.24) is 35.3 Å². The maximum Gasteiger partial charge on any atom is 0.258 e. The fourth-order valence-corrected chi connectivity index (χ4v) is 4.11. The van der Waals surface area contributed by atoms with Crippen LogP contribution in [0.1, 0.15) is 11.4 Å². The number of thioether (sulfide) groups is 1. The number of nitrogens with zero attached hydrogens (tertiary/aromatic N) is 7. The second kappa shape index (κ2) is 9.62. The van der Waals surface area contributed by atoms with Crippen LogP contribution in [0.2, 0.25) is 0 Å². The summed E-state index contributed by atoms with van der Waals surface area (Å²) >= 11 is 3.09. The molecule has 4 heterocycles. The molecule has 0 aliphatic heterocycles. The molecule has 158 valence electrons. The minimum absolute atomic E-state index is 0.306. The van der Waals surface area contributed by atoms with Crippen LogP contribution in [0.4, 0.5) is 4.39 Å². The van der Waals surface area contributed by atoms with Crippen molar-refractivity contribution in [1.29, 1.82) is 0 Å². The molecule has 0 fully saturated rings. The van der Waals surface area contributed by atoms with E-state index in [1.165, 1.54) is 36.4 Å². The third-order valence-corrected chi connectivity index (χ3v) is 5.83. The maximum atomic E-state index is 13.5. The number of rotatable bonds is 5. The molecule has 0 N–H and O–H groups in total. The maximum absolute atomic E-state index is 13.5. The second-order valence-electron chi connectivity index (χ2n) is 6.25. The van der Waals surface area contributed by atoms with Gasteiger partial charge < -0.3 is 13.6 Å². The van der Waals surface area contributed by atoms with Gasteiger partial charge in [-0.25, -0.2) is 4.39 Å². The highest BCUT2D eigenvalue weighted by atomic mass is 32.2. The lowest BCUT2D eigenvalue weighted by Gasteiger charge is -2.00. The number of halogens is 1. The van der Waals surface area contributed by atoms with Gasteiger partial charge in [-0.1, -0.05) is 23.0 Å². The number of thiophene rings is 1. The molecule has 31 heavy (non-hydrogen) atoms. The van der Waals surface area contributed by atoms with Gasteiger partial charge >= 0.3 is 0 Å². The van der Waals surface area contributed by atoms with Crippen LogP contribution >= 0.6 is 23.1 Å². The van der Waals surface area contributed by atoms with E-state index >= 15 is 0 Å². The van der Waals surface area contributed by atoms with Gasteiger partial charge in [0.25, 0.3) is 5.89 Å². The van der Waals surface area contributed by atoms with Crippen molar-refractivity contribution < 1.29 is 13.4 Å². The summed E-state index contributed by atoms with van der Waals surface area (Å²) in [5.41, 5.74) is 1.37. The predicted octanol–water partition coefficient (Wildman–Crippen LogP) is 4.40. The first-order chi connectivity index (χ1) is 15.1. The lowest BCUT2D eigenvalue weighted by atomic mass is 10.1. The third kappa shape index (κ3) is 5.22. The Morgan fingerprint density at radius 3 is 2.81 bits per heavy atom. The van der Waals surface area contributed by atoms with Crippen LogP contribution in [0.15, 0.2) is 62.4 Å². The van der Waals surface area contributed by atoms with E-state index in [-0.39, 0.29) is 5.82 Å². The predicted molar refractivity (Wildman–Crippen MR) is 113 cm³/mol. The zero-order valence-corrected chi connectivity index (χ0v) is 18.1. The molecule has 0 bridgehead atoms. The van der Waals surface area contributed by atoms with Gasteiger partial charge in [0.2, 0.25) is 0 Å². The van der Waals surface area contributed by atoms with E-state index in [1.807, 2.05) is 42.1 Å². The van der Waals surface area contributed by atoms with E-state index in [9.17, 15) is 4.39 Å². The summed E-state index contributed by atoms with van der Waals surface area (Å²) in [5, 5.41) is 21.6. The van der Waals surface area contributed by atoms with E-state index in [0.717, 1.165) is 21.4 Å². The molecule has 0 radical (unpaired) electrons. The molecule has 5 rings (SSSR count). The number of hydrogen-bond donors (Lipinski definition) is 0. The number of hydrogen-bond acceptors (Lipinski definition) is 10. The van der Waals surface area contributed by atoms with Crippen molar-refractivity contribution >= 4 is 23.1 Å². The molecule has 5 aromatic rings. The molecule has 0 saturated carbocycles. The van der Waals surface area contributed by atoms with Gasteiger partial charge in [-0.15, -0.1) is 26.6 Å². The number of aryl methyl sites for hydroxylation is 1. The highest BCUT2D eigenvalue weighted by Gasteiger charge is 2.15. The average Bonchev–Trinajstić information content (AvgIpc) is 3.55. The zero-order chi connectivity index (χ0) is 21.6. The smallest absolute Gasteiger partial charge is 0.258 e. The lowest BCUT2D eigenvalue weighted by molar-refractivity contribution is 0.393. The molecule has 0 atom stereocenters. The Morgan fingerprint density at radius 1 is 1.23 bits per heavy atom. The Labute approximate surface area is 184 Å². The molecule has 12 heteroatoms. The van der Waals surface area contributed by atoms with E-state index in [1.54, 1.807) is 11.3 Å². The first kappa shape index (κ1) is 20.9. The van der Waals surface area contributed by atoms with Gasteiger partial charge in [-0.05, 0) is 42.1 Å². The van der Waals surface area contributed by atoms with Crippen molar-refractivity contribution in [2.45, 2.75) is 17.8 Å². The number of benzene rings is 1. The topological polar surface area (TPSA) is 109 Å². The lowest BCUT2D eigenvalue weighted by Crippen LogP contribution is -1.94. The minimum Gasteiger partial charge on any atom is -0.346 e. The van der Waals surface area contributed by atoms with Gasteiger partial charge in [0, 0.05) is 17.9 Å². The zero-order valence-electron chi connectivity index (χ0n) is 16.5. The van der Waals surface area contributed by atoms with E-state index < -0.39 is 0 Å². The Balaban J connectivity index is 0.000000407. The molecule has 0 saturated heterocycles. The van der Waals surface area contributed by atoms with E-state index in [4.69, 9.17) is 4.52 Å². The molecule has 1 aromatic carbocycles. The molecule has 0 spiro atoms. The fraction of sp³-hybridized carbons (Fsp3) is 0.158. The van der Waals surface area contributed by atoms with E-state index in [2.05, 4.69) is 35.2 Å². The summed E-state index contributed by atoms with van der Waals surface area (Å²) in [6.45, 7) is 1.82. The molecule has 0 unspecified atom stereocenters. The van der Waals surface area contributed by atoms with Crippen LogP contribution in [-0.4, -0.2) is 35.3 Å². The SMILES string of the molecule is Cc1cc(F)cc(-c2nc(CSc3nnc(-c4cccs4)n3C)no2)c1.c1conn1. The summed E-state index contributed by atoms with van der Waals surface area (Å²) in [5.74, 6) is 1.81. The molecular formula is C19H16FN7O2S2. The van der Waals surface area contributed by atoms with Gasteiger partial charge in [0.15, 0.2) is 16.8 Å². The Morgan fingerprint density at radius 2 is 2.13 bits per heavy atom.